The Balaban J connectivity index is 2.08. The van der Waals surface area contributed by atoms with E-state index >= 15 is 0 Å². The van der Waals surface area contributed by atoms with E-state index in [0.717, 1.165) is 38.7 Å². The fourth-order valence-corrected chi connectivity index (χ4v) is 6.86. The number of hydrogen-bond acceptors (Lipinski definition) is 13. The molecular formula is C37H50O14. The van der Waals surface area contributed by atoms with Gasteiger partial charge < -0.3 is 43.7 Å². The number of carboxylic acid groups (broad SMARTS) is 1. The summed E-state index contributed by atoms with van der Waals surface area (Å²) < 4.78 is 32.6. The Morgan fingerprint density at radius 2 is 1.67 bits per heavy atom. The van der Waals surface area contributed by atoms with Gasteiger partial charge in [0.15, 0.2) is 6.10 Å². The van der Waals surface area contributed by atoms with Gasteiger partial charge in [0.25, 0.3) is 5.60 Å². The number of allylic oxidation sites excluding steroid dienone is 1. The molecule has 2 saturated heterocycles. The molecule has 0 aromatic heterocycles. The number of ether oxygens (including phenoxy) is 6. The molecule has 3 rings (SSSR count). The number of aliphatic hydroxyl groups is 2. The summed E-state index contributed by atoms with van der Waals surface area (Å²) in [4.78, 5) is 65.1. The number of carbonyl (C=O) groups is 5. The summed E-state index contributed by atoms with van der Waals surface area (Å²) in [6, 6.07) is 9.41. The maximum Gasteiger partial charge on any atom is 0.346 e. The quantitative estimate of drug-likeness (QED) is 0.0918. The highest BCUT2D eigenvalue weighted by atomic mass is 16.8. The lowest BCUT2D eigenvalue weighted by Crippen LogP contribution is -2.78. The molecule has 2 fully saturated rings. The number of hydrogen-bond donors (Lipinski definition) is 3. The van der Waals surface area contributed by atoms with Crippen molar-refractivity contribution in [2.24, 2.45) is 17.8 Å². The minimum atomic E-state index is -3.54. The third-order valence-corrected chi connectivity index (χ3v) is 9.63. The van der Waals surface area contributed by atoms with Gasteiger partial charge in [0.05, 0.1) is 14.2 Å². The number of carboxylic acids is 1. The van der Waals surface area contributed by atoms with E-state index in [9.17, 15) is 39.3 Å². The van der Waals surface area contributed by atoms with Gasteiger partial charge in [-0.3, -0.25) is 4.79 Å². The largest absolute Gasteiger partial charge is 0.479 e. The lowest BCUT2D eigenvalue weighted by atomic mass is 9.74. The molecule has 10 atom stereocenters. The van der Waals surface area contributed by atoms with Gasteiger partial charge in [-0.25, -0.2) is 19.2 Å². The molecule has 14 nitrogen and oxygen atoms in total. The van der Waals surface area contributed by atoms with E-state index in [-0.39, 0.29) is 18.3 Å². The molecule has 0 saturated carbocycles. The smallest absolute Gasteiger partial charge is 0.346 e. The topological polar surface area (TPSA) is 201 Å². The molecule has 2 aliphatic heterocycles. The second-order valence-corrected chi connectivity index (χ2v) is 13.5. The Bertz CT molecular complexity index is 1470. The lowest BCUT2D eigenvalue weighted by Gasteiger charge is -2.49. The zero-order valence-corrected chi connectivity index (χ0v) is 30.2. The molecule has 0 spiro atoms. The predicted octanol–water partition coefficient (Wildman–Crippen LogP) is 3.06. The number of esters is 4. The van der Waals surface area contributed by atoms with E-state index in [1.165, 1.54) is 6.92 Å². The van der Waals surface area contributed by atoms with Crippen LogP contribution in [0.5, 0.6) is 0 Å². The standard InChI is InChI=1S/C37H50O14/c1-9-21(2)19-22(3)15-16-27(39)49-30-29(40)35(18-17-23(4)28(48-25(6)38)24(5)20-26-13-11-10-12-14-26)50-31(32(41)42)36(45,33(43)46-7)37(30,51-35)34(44)47-8/h10-16,21-22,24,28-31,40,45H,4,9,17-20H2,1-3,5-8H3,(H,41,42)/b16-15+/t21-,22+,24+,28?,29+,30-,31?,35?,36?,37?/m0/s1. The van der Waals surface area contributed by atoms with E-state index in [4.69, 9.17) is 28.4 Å². The highest BCUT2D eigenvalue weighted by Gasteiger charge is 2.86. The second kappa shape index (κ2) is 16.9. The molecule has 1 aromatic carbocycles. The summed E-state index contributed by atoms with van der Waals surface area (Å²) in [6.45, 7) is 13.1. The van der Waals surface area contributed by atoms with Crippen LogP contribution in [0, 0.1) is 17.8 Å². The molecule has 282 valence electrons. The molecule has 51 heavy (non-hydrogen) atoms. The van der Waals surface area contributed by atoms with Crippen molar-refractivity contribution >= 4 is 29.8 Å². The van der Waals surface area contributed by atoms with Crippen LogP contribution in [0.15, 0.2) is 54.6 Å². The van der Waals surface area contributed by atoms with Gasteiger partial charge in [-0.2, -0.15) is 0 Å². The van der Waals surface area contributed by atoms with Crippen LogP contribution in [0.1, 0.15) is 65.9 Å². The maximum absolute atomic E-state index is 13.7. The molecule has 2 bridgehead atoms. The number of aliphatic carboxylic acids is 1. The molecule has 3 N–H and O–H groups in total. The molecule has 0 aliphatic carbocycles. The Morgan fingerprint density at radius 1 is 1.04 bits per heavy atom. The monoisotopic (exact) mass is 718 g/mol. The zero-order chi connectivity index (χ0) is 38.3. The molecule has 2 heterocycles. The normalized spacial score (nSPS) is 29.3. The van der Waals surface area contributed by atoms with Crippen molar-refractivity contribution in [1.29, 1.82) is 0 Å². The van der Waals surface area contributed by atoms with Gasteiger partial charge in [-0.15, -0.1) is 0 Å². The zero-order valence-electron chi connectivity index (χ0n) is 30.2. The van der Waals surface area contributed by atoms with Crippen LogP contribution in [0.4, 0.5) is 0 Å². The summed E-state index contributed by atoms with van der Waals surface area (Å²) in [5.74, 6) is -9.43. The fraction of sp³-hybridized carbons (Fsp3) is 0.595. The molecule has 14 heteroatoms. The summed E-state index contributed by atoms with van der Waals surface area (Å²) >= 11 is 0. The first-order valence-electron chi connectivity index (χ1n) is 16.9. The predicted molar refractivity (Wildman–Crippen MR) is 180 cm³/mol. The highest BCUT2D eigenvalue weighted by molar-refractivity contribution is 5.99. The first-order chi connectivity index (χ1) is 23.9. The van der Waals surface area contributed by atoms with Crippen molar-refractivity contribution in [1.82, 2.24) is 0 Å². The van der Waals surface area contributed by atoms with Crippen molar-refractivity contribution in [3.05, 3.63) is 60.2 Å². The average Bonchev–Trinajstić information content (AvgIpc) is 3.31. The van der Waals surface area contributed by atoms with Crippen LogP contribution in [0.3, 0.4) is 0 Å². The van der Waals surface area contributed by atoms with Crippen molar-refractivity contribution in [2.45, 2.75) is 108 Å². The van der Waals surface area contributed by atoms with E-state index in [0.29, 0.717) is 17.9 Å². The Labute approximate surface area is 297 Å². The van der Waals surface area contributed by atoms with E-state index in [1.54, 1.807) is 6.08 Å². The third-order valence-electron chi connectivity index (χ3n) is 9.63. The van der Waals surface area contributed by atoms with Gasteiger partial charge in [0.2, 0.25) is 17.5 Å². The fourth-order valence-electron chi connectivity index (χ4n) is 6.86. The number of carbonyl (C=O) groups excluding carboxylic acids is 4. The number of fused-ring (bicyclic) bond motifs is 2. The van der Waals surface area contributed by atoms with Crippen LogP contribution in [-0.4, -0.2) is 101 Å². The summed E-state index contributed by atoms with van der Waals surface area (Å²) in [6.07, 6.45) is -3.79. The van der Waals surface area contributed by atoms with Gasteiger partial charge in [-0.05, 0) is 42.2 Å². The molecule has 5 unspecified atom stereocenters. The molecule has 1 aromatic rings. The highest BCUT2D eigenvalue weighted by Crippen LogP contribution is 2.56. The van der Waals surface area contributed by atoms with Gasteiger partial charge in [0.1, 0.15) is 12.2 Å². The second-order valence-electron chi connectivity index (χ2n) is 13.5. The third kappa shape index (κ3) is 8.35. The van der Waals surface area contributed by atoms with E-state index < -0.39 is 77.7 Å². The lowest BCUT2D eigenvalue weighted by molar-refractivity contribution is -0.374. The van der Waals surface area contributed by atoms with Crippen molar-refractivity contribution < 1.29 is 67.7 Å². The van der Waals surface area contributed by atoms with Crippen LogP contribution in [0.2, 0.25) is 0 Å². The SMILES string of the molecule is C=C(CCC12OC(C(=O)O)C(O)(C(=O)OC)C(C(=O)OC)(O1)[C@@H](OC(=O)/C=C/[C@@H](C)C[C@@H](C)CC)[C@H]2O)C(OC(C)=O)[C@H](C)Cc1ccccc1. The van der Waals surface area contributed by atoms with E-state index in [1.807, 2.05) is 58.0 Å². The van der Waals surface area contributed by atoms with Gasteiger partial charge in [-0.1, -0.05) is 77.1 Å². The summed E-state index contributed by atoms with van der Waals surface area (Å²) in [5.41, 5.74) is -5.47. The molecular weight excluding hydrogens is 668 g/mol. The summed E-state index contributed by atoms with van der Waals surface area (Å²) in [5, 5.41) is 34.1. The van der Waals surface area contributed by atoms with Crippen molar-refractivity contribution in [2.75, 3.05) is 14.2 Å². The number of benzene rings is 1. The van der Waals surface area contributed by atoms with Crippen LogP contribution in [-0.2, 0) is 58.8 Å². The molecule has 0 radical (unpaired) electrons. The van der Waals surface area contributed by atoms with E-state index in [2.05, 4.69) is 6.58 Å². The number of methoxy groups -OCH3 is 2. The minimum Gasteiger partial charge on any atom is -0.479 e. The minimum absolute atomic E-state index is 0.0791. The van der Waals surface area contributed by atoms with Gasteiger partial charge >= 0.3 is 29.8 Å². The Hall–Kier alpha value is -4.11. The van der Waals surface area contributed by atoms with Crippen LogP contribution < -0.4 is 0 Å². The number of rotatable bonds is 17. The first kappa shape index (κ1) is 41.3. The van der Waals surface area contributed by atoms with Crippen LogP contribution >= 0.6 is 0 Å². The molecule has 2 aliphatic rings. The Morgan fingerprint density at radius 3 is 2.22 bits per heavy atom. The number of aliphatic hydroxyl groups excluding tert-OH is 1. The van der Waals surface area contributed by atoms with Crippen LogP contribution in [0.25, 0.3) is 0 Å². The van der Waals surface area contributed by atoms with Crippen molar-refractivity contribution in [3.63, 3.8) is 0 Å². The summed E-state index contributed by atoms with van der Waals surface area (Å²) in [7, 11) is 1.68. The van der Waals surface area contributed by atoms with Gasteiger partial charge in [0, 0.05) is 25.3 Å². The average molecular weight is 719 g/mol. The first-order valence-corrected chi connectivity index (χ1v) is 16.9. The maximum atomic E-state index is 13.7. The van der Waals surface area contributed by atoms with Crippen molar-refractivity contribution in [3.8, 4) is 0 Å². The molecule has 0 amide bonds. The Kier molecular flexibility index (Phi) is 13.7.